The van der Waals surface area contributed by atoms with Crippen LogP contribution in [0.4, 0.5) is 0 Å². The van der Waals surface area contributed by atoms with Gasteiger partial charge >= 0.3 is 0 Å². The third-order valence-electron chi connectivity index (χ3n) is 0.381. The maximum atomic E-state index is 8.00. The van der Waals surface area contributed by atoms with Gasteiger partial charge in [-0.2, -0.15) is 0 Å². The Kier molecular flexibility index (Phi) is 14.1. The fraction of sp³-hybridized carbons (Fsp3) is 0.500. The summed E-state index contributed by atoms with van der Waals surface area (Å²) < 4.78 is 0. The van der Waals surface area contributed by atoms with Crippen LogP contribution in [0.1, 0.15) is 6.42 Å². The molecule has 0 unspecified atom stereocenters. The maximum Gasteiger partial charge on any atom is 0.0752 e. The predicted molar refractivity (Wildman–Crippen MR) is 37.4 cm³/mol. The molecule has 0 atom stereocenters. The van der Waals surface area contributed by atoms with Crippen molar-refractivity contribution < 1.29 is 5.11 Å². The van der Waals surface area contributed by atoms with Crippen LogP contribution in [0.15, 0.2) is 12.3 Å². The largest absolute Gasteiger partial charge is 0.516 e. The monoisotopic (exact) mass is 186 g/mol. The summed E-state index contributed by atoms with van der Waals surface area (Å²) in [6.07, 6.45) is 3.65. The van der Waals surface area contributed by atoms with E-state index >= 15 is 0 Å². The van der Waals surface area contributed by atoms with E-state index in [0.29, 0.717) is 0 Å². The smallest absolute Gasteiger partial charge is 0.0752 e. The minimum absolute atomic E-state index is 0. The molecule has 0 saturated carbocycles. The highest BCUT2D eigenvalue weighted by Gasteiger charge is 1.67. The number of hydrogen-bond donors (Lipinski definition) is 1. The van der Waals surface area contributed by atoms with Crippen molar-refractivity contribution in [1.29, 1.82) is 0 Å². The highest BCUT2D eigenvalue weighted by Crippen LogP contribution is 1.86. The van der Waals surface area contributed by atoms with Gasteiger partial charge < -0.3 is 5.11 Å². The molecule has 0 saturated heterocycles. The van der Waals surface area contributed by atoms with Crippen molar-refractivity contribution in [1.82, 2.24) is 0 Å². The molecule has 1 N–H and O–H groups in total. The first-order chi connectivity index (χ1) is 2.91. The molecule has 0 aliphatic heterocycles. The molecule has 7 heavy (non-hydrogen) atoms. The summed E-state index contributed by atoms with van der Waals surface area (Å²) in [4.78, 5) is 0. The van der Waals surface area contributed by atoms with Crippen molar-refractivity contribution in [2.24, 2.45) is 0 Å². The average molecular weight is 187 g/mol. The summed E-state index contributed by atoms with van der Waals surface area (Å²) in [5, 5.41) is 8.92. The lowest BCUT2D eigenvalue weighted by Gasteiger charge is -1.74. The van der Waals surface area contributed by atoms with Crippen LogP contribution in [-0.2, 0) is 0 Å². The maximum absolute atomic E-state index is 8.00. The molecule has 0 aromatic heterocycles. The van der Waals surface area contributed by atoms with E-state index in [4.69, 9.17) is 5.11 Å². The van der Waals surface area contributed by atoms with E-state index in [1.54, 1.807) is 6.08 Å². The molecule has 3 heteroatoms. The lowest BCUT2D eigenvalue weighted by molar-refractivity contribution is 0.471. The van der Waals surface area contributed by atoms with Crippen molar-refractivity contribution in [3.05, 3.63) is 12.3 Å². The summed E-state index contributed by atoms with van der Waals surface area (Å²) in [5.41, 5.74) is 0. The fourth-order valence-electron chi connectivity index (χ4n) is 0.138. The molecule has 0 heterocycles. The van der Waals surface area contributed by atoms with Crippen LogP contribution in [0, 0.1) is 0 Å². The van der Waals surface area contributed by atoms with Crippen molar-refractivity contribution in [2.45, 2.75) is 6.42 Å². The van der Waals surface area contributed by atoms with Gasteiger partial charge in [-0.3, -0.25) is 0 Å². The second kappa shape index (κ2) is 9.58. The molecule has 0 bridgehead atoms. The van der Waals surface area contributed by atoms with Crippen LogP contribution in [0.25, 0.3) is 0 Å². The number of halogens is 2. The quantitative estimate of drug-likeness (QED) is 0.519. The Hall–Kier alpha value is 0.310. The van der Waals surface area contributed by atoms with E-state index in [9.17, 15) is 0 Å². The van der Waals surface area contributed by atoms with Gasteiger partial charge in [-0.05, 0) is 12.5 Å². The molecule has 0 aromatic rings. The van der Waals surface area contributed by atoms with E-state index < -0.39 is 0 Å². The Morgan fingerprint density at radius 2 is 2.14 bits per heavy atom. The first-order valence-corrected chi connectivity index (χ1v) is 2.89. The summed E-state index contributed by atoms with van der Waals surface area (Å²) in [5.74, 6) is 0. The number of alkyl halides is 1. The van der Waals surface area contributed by atoms with Gasteiger partial charge in [0, 0.05) is 5.33 Å². The van der Waals surface area contributed by atoms with Gasteiger partial charge in [0.05, 0.1) is 6.26 Å². The molecule has 44 valence electrons. The van der Waals surface area contributed by atoms with Gasteiger partial charge in [-0.1, -0.05) is 15.9 Å². The fourth-order valence-corrected chi connectivity index (χ4v) is 0.402. The SMILES string of the molecule is Cl.OC=CCCBr. The molecule has 0 aromatic carbocycles. The Balaban J connectivity index is 0. The Morgan fingerprint density at radius 3 is 2.29 bits per heavy atom. The Bertz CT molecular complexity index is 47.0. The molecule has 0 amide bonds. The van der Waals surface area contributed by atoms with Crippen LogP contribution in [-0.4, -0.2) is 10.4 Å². The number of allylic oxidation sites excluding steroid dienone is 1. The summed E-state index contributed by atoms with van der Waals surface area (Å²) >= 11 is 3.19. The summed E-state index contributed by atoms with van der Waals surface area (Å²) in [6.45, 7) is 0. The van der Waals surface area contributed by atoms with E-state index in [-0.39, 0.29) is 12.4 Å². The molecular weight excluding hydrogens is 179 g/mol. The molecular formula is C4H8BrClO. The normalized spacial score (nSPS) is 8.71. The third kappa shape index (κ3) is 10.7. The average Bonchev–Trinajstić information content (AvgIpc) is 1.61. The van der Waals surface area contributed by atoms with Crippen LogP contribution >= 0.6 is 28.3 Å². The summed E-state index contributed by atoms with van der Waals surface area (Å²) in [7, 11) is 0. The zero-order valence-corrected chi connectivity index (χ0v) is 6.20. The van der Waals surface area contributed by atoms with E-state index in [1.165, 1.54) is 0 Å². The molecule has 0 aliphatic rings. The van der Waals surface area contributed by atoms with Crippen LogP contribution in [0.5, 0.6) is 0 Å². The first kappa shape index (κ1) is 10.3. The predicted octanol–water partition coefficient (Wildman–Crippen LogP) is 2.26. The van der Waals surface area contributed by atoms with Crippen molar-refractivity contribution >= 4 is 28.3 Å². The van der Waals surface area contributed by atoms with Gasteiger partial charge in [0.25, 0.3) is 0 Å². The second-order valence-electron chi connectivity index (χ2n) is 0.862. The zero-order valence-electron chi connectivity index (χ0n) is 3.80. The van der Waals surface area contributed by atoms with E-state index in [0.717, 1.165) is 18.0 Å². The third-order valence-corrected chi connectivity index (χ3v) is 0.839. The number of aliphatic hydroxyl groups excluding tert-OH is 1. The minimum atomic E-state index is 0. The summed E-state index contributed by atoms with van der Waals surface area (Å²) in [6, 6.07) is 0. The van der Waals surface area contributed by atoms with Gasteiger partial charge in [0.1, 0.15) is 0 Å². The Labute approximate surface area is 58.0 Å². The standard InChI is InChI=1S/C4H7BrO.ClH/c5-3-1-2-4-6;/h2,4,6H,1,3H2;1H. The van der Waals surface area contributed by atoms with E-state index in [2.05, 4.69) is 15.9 Å². The molecule has 0 rings (SSSR count). The van der Waals surface area contributed by atoms with Gasteiger partial charge in [-0.15, -0.1) is 12.4 Å². The Morgan fingerprint density at radius 1 is 1.57 bits per heavy atom. The van der Waals surface area contributed by atoms with E-state index in [1.807, 2.05) is 0 Å². The number of rotatable bonds is 2. The zero-order chi connectivity index (χ0) is 4.83. The number of aliphatic hydroxyl groups is 1. The van der Waals surface area contributed by atoms with Crippen molar-refractivity contribution in [3.63, 3.8) is 0 Å². The number of hydrogen-bond acceptors (Lipinski definition) is 1. The molecule has 0 aliphatic carbocycles. The molecule has 0 spiro atoms. The van der Waals surface area contributed by atoms with Crippen LogP contribution < -0.4 is 0 Å². The van der Waals surface area contributed by atoms with Crippen LogP contribution in [0.2, 0.25) is 0 Å². The second-order valence-corrected chi connectivity index (χ2v) is 1.66. The first-order valence-electron chi connectivity index (χ1n) is 1.77. The van der Waals surface area contributed by atoms with Crippen molar-refractivity contribution in [2.75, 3.05) is 5.33 Å². The highest BCUT2D eigenvalue weighted by molar-refractivity contribution is 9.09. The van der Waals surface area contributed by atoms with Gasteiger partial charge in [0.15, 0.2) is 0 Å². The minimum Gasteiger partial charge on any atom is -0.516 e. The highest BCUT2D eigenvalue weighted by atomic mass is 79.9. The lowest BCUT2D eigenvalue weighted by Crippen LogP contribution is -1.62. The van der Waals surface area contributed by atoms with Crippen molar-refractivity contribution in [3.8, 4) is 0 Å². The molecule has 0 fully saturated rings. The molecule has 1 nitrogen and oxygen atoms in total. The molecule has 0 radical (unpaired) electrons. The lowest BCUT2D eigenvalue weighted by atomic mass is 10.5. The topological polar surface area (TPSA) is 20.2 Å². The van der Waals surface area contributed by atoms with Gasteiger partial charge in [-0.25, -0.2) is 0 Å². The van der Waals surface area contributed by atoms with Gasteiger partial charge in [0.2, 0.25) is 0 Å². The van der Waals surface area contributed by atoms with Crippen LogP contribution in [0.3, 0.4) is 0 Å².